The highest BCUT2D eigenvalue weighted by Crippen LogP contribution is 2.25. The van der Waals surface area contributed by atoms with Crippen LogP contribution in [-0.4, -0.2) is 47.5 Å². The summed E-state index contributed by atoms with van der Waals surface area (Å²) in [6.45, 7) is 13.4. The fraction of sp³-hybridized carbons (Fsp3) is 0.647. The minimum Gasteiger partial charge on any atom is -0.365 e. The number of aromatic nitrogens is 1. The molecule has 5 heteroatoms. The number of amides is 1. The standard InChI is InChI=1S/C17H28N4O/c1-6-14-10-20(7-8-21(14)11(2)3)17-15(16(18)22)9-12(4)13(5)19-17/h9,11,14H,6-8,10H2,1-5H3,(H2,18,22). The number of piperazine rings is 1. The highest BCUT2D eigenvalue weighted by atomic mass is 16.1. The van der Waals surface area contributed by atoms with Crippen LogP contribution < -0.4 is 10.6 Å². The molecule has 1 fully saturated rings. The normalized spacial score (nSPS) is 19.7. The van der Waals surface area contributed by atoms with Crippen LogP contribution in [0.3, 0.4) is 0 Å². The Morgan fingerprint density at radius 3 is 2.64 bits per heavy atom. The average Bonchev–Trinajstić information content (AvgIpc) is 2.48. The van der Waals surface area contributed by atoms with Crippen LogP contribution in [0.2, 0.25) is 0 Å². The Kier molecular flexibility index (Phi) is 5.06. The van der Waals surface area contributed by atoms with Crippen LogP contribution in [0.1, 0.15) is 48.8 Å². The third-order valence-electron chi connectivity index (χ3n) is 4.67. The van der Waals surface area contributed by atoms with Crippen LogP contribution in [0.15, 0.2) is 6.07 Å². The van der Waals surface area contributed by atoms with Gasteiger partial charge in [0.1, 0.15) is 5.82 Å². The SMILES string of the molecule is CCC1CN(c2nc(C)c(C)cc2C(N)=O)CCN1C(C)C. The second-order valence-electron chi connectivity index (χ2n) is 6.47. The van der Waals surface area contributed by atoms with Crippen molar-refractivity contribution in [3.05, 3.63) is 22.9 Å². The van der Waals surface area contributed by atoms with Crippen molar-refractivity contribution in [3.8, 4) is 0 Å². The number of pyridine rings is 1. The lowest BCUT2D eigenvalue weighted by atomic mass is 10.1. The quantitative estimate of drug-likeness (QED) is 0.925. The molecule has 0 radical (unpaired) electrons. The number of nitrogens with zero attached hydrogens (tertiary/aromatic N) is 3. The van der Waals surface area contributed by atoms with E-state index in [9.17, 15) is 4.79 Å². The Morgan fingerprint density at radius 2 is 2.09 bits per heavy atom. The molecule has 2 rings (SSSR count). The third-order valence-corrected chi connectivity index (χ3v) is 4.67. The van der Waals surface area contributed by atoms with E-state index >= 15 is 0 Å². The average molecular weight is 304 g/mol. The molecule has 1 amide bonds. The summed E-state index contributed by atoms with van der Waals surface area (Å²) >= 11 is 0. The van der Waals surface area contributed by atoms with Crippen LogP contribution >= 0.6 is 0 Å². The molecule has 1 atom stereocenters. The Balaban J connectivity index is 2.33. The minimum absolute atomic E-state index is 0.398. The predicted molar refractivity (Wildman–Crippen MR) is 90.4 cm³/mol. The summed E-state index contributed by atoms with van der Waals surface area (Å²) < 4.78 is 0. The van der Waals surface area contributed by atoms with Crippen molar-refractivity contribution < 1.29 is 4.79 Å². The third kappa shape index (κ3) is 3.24. The lowest BCUT2D eigenvalue weighted by Crippen LogP contribution is -2.55. The number of anilines is 1. The monoisotopic (exact) mass is 304 g/mol. The molecule has 1 aromatic rings. The topological polar surface area (TPSA) is 62.5 Å². The van der Waals surface area contributed by atoms with Gasteiger partial charge in [0, 0.05) is 37.4 Å². The number of hydrogen-bond acceptors (Lipinski definition) is 4. The molecule has 1 unspecified atom stereocenters. The Bertz CT molecular complexity index is 556. The van der Waals surface area contributed by atoms with Gasteiger partial charge in [0.25, 0.3) is 5.91 Å². The van der Waals surface area contributed by atoms with Crippen molar-refractivity contribution in [1.29, 1.82) is 0 Å². The van der Waals surface area contributed by atoms with Crippen molar-refractivity contribution in [3.63, 3.8) is 0 Å². The zero-order chi connectivity index (χ0) is 16.4. The zero-order valence-electron chi connectivity index (χ0n) is 14.4. The summed E-state index contributed by atoms with van der Waals surface area (Å²) in [6, 6.07) is 2.89. The van der Waals surface area contributed by atoms with Gasteiger partial charge in [-0.2, -0.15) is 0 Å². The van der Waals surface area contributed by atoms with Gasteiger partial charge in [-0.1, -0.05) is 6.92 Å². The molecule has 1 aromatic heterocycles. The molecule has 2 heterocycles. The van der Waals surface area contributed by atoms with Gasteiger partial charge in [0.2, 0.25) is 0 Å². The predicted octanol–water partition coefficient (Wildman–Crippen LogP) is 2.11. The van der Waals surface area contributed by atoms with Crippen molar-refractivity contribution in [2.75, 3.05) is 24.5 Å². The molecule has 0 saturated carbocycles. The van der Waals surface area contributed by atoms with Gasteiger partial charge < -0.3 is 10.6 Å². The zero-order valence-corrected chi connectivity index (χ0v) is 14.4. The van der Waals surface area contributed by atoms with Crippen molar-refractivity contribution in [2.45, 2.75) is 53.1 Å². The first-order valence-electron chi connectivity index (χ1n) is 8.13. The lowest BCUT2D eigenvalue weighted by Gasteiger charge is -2.44. The van der Waals surface area contributed by atoms with Gasteiger partial charge in [-0.05, 0) is 45.7 Å². The maximum absolute atomic E-state index is 11.8. The number of nitrogens with two attached hydrogens (primary N) is 1. The number of aryl methyl sites for hydroxylation is 2. The van der Waals surface area contributed by atoms with E-state index in [-0.39, 0.29) is 0 Å². The number of carbonyl (C=O) groups excluding carboxylic acids is 1. The number of rotatable bonds is 4. The summed E-state index contributed by atoms with van der Waals surface area (Å²) in [5.41, 5.74) is 8.07. The molecule has 5 nitrogen and oxygen atoms in total. The highest BCUT2D eigenvalue weighted by Gasteiger charge is 2.29. The molecule has 0 bridgehead atoms. The van der Waals surface area contributed by atoms with Gasteiger partial charge in [-0.15, -0.1) is 0 Å². The smallest absolute Gasteiger partial charge is 0.252 e. The van der Waals surface area contributed by atoms with Crippen molar-refractivity contribution >= 4 is 11.7 Å². The molecule has 0 aliphatic carbocycles. The fourth-order valence-corrected chi connectivity index (χ4v) is 3.22. The maximum atomic E-state index is 11.8. The molecule has 122 valence electrons. The van der Waals surface area contributed by atoms with E-state index in [2.05, 4.69) is 35.6 Å². The van der Waals surface area contributed by atoms with E-state index in [1.807, 2.05) is 19.9 Å². The second kappa shape index (κ2) is 6.65. The van der Waals surface area contributed by atoms with E-state index in [4.69, 9.17) is 5.73 Å². The molecule has 1 aliphatic rings. The number of hydrogen-bond donors (Lipinski definition) is 1. The first-order chi connectivity index (χ1) is 10.3. The molecule has 22 heavy (non-hydrogen) atoms. The summed E-state index contributed by atoms with van der Waals surface area (Å²) in [5, 5.41) is 0. The maximum Gasteiger partial charge on any atom is 0.252 e. The molecule has 0 spiro atoms. The molecular weight excluding hydrogens is 276 g/mol. The van der Waals surface area contributed by atoms with Crippen molar-refractivity contribution in [1.82, 2.24) is 9.88 Å². The van der Waals surface area contributed by atoms with Crippen molar-refractivity contribution in [2.24, 2.45) is 5.73 Å². The molecule has 2 N–H and O–H groups in total. The van der Waals surface area contributed by atoms with E-state index in [1.54, 1.807) is 0 Å². The van der Waals surface area contributed by atoms with Crippen LogP contribution in [0.4, 0.5) is 5.82 Å². The summed E-state index contributed by atoms with van der Waals surface area (Å²) in [5.74, 6) is 0.349. The van der Waals surface area contributed by atoms with E-state index in [0.29, 0.717) is 17.6 Å². The van der Waals surface area contributed by atoms with Gasteiger partial charge in [0.15, 0.2) is 0 Å². The van der Waals surface area contributed by atoms with Crippen LogP contribution in [0.25, 0.3) is 0 Å². The van der Waals surface area contributed by atoms with E-state index in [1.165, 1.54) is 0 Å². The van der Waals surface area contributed by atoms with Crippen LogP contribution in [-0.2, 0) is 0 Å². The largest absolute Gasteiger partial charge is 0.365 e. The summed E-state index contributed by atoms with van der Waals surface area (Å²) in [4.78, 5) is 21.2. The number of carbonyl (C=O) groups is 1. The van der Waals surface area contributed by atoms with E-state index in [0.717, 1.165) is 43.1 Å². The minimum atomic E-state index is -0.398. The fourth-order valence-electron chi connectivity index (χ4n) is 3.22. The molecule has 0 aromatic carbocycles. The van der Waals surface area contributed by atoms with Gasteiger partial charge in [-0.3, -0.25) is 9.69 Å². The first kappa shape index (κ1) is 16.7. The summed E-state index contributed by atoms with van der Waals surface area (Å²) in [6.07, 6.45) is 1.09. The van der Waals surface area contributed by atoms with Gasteiger partial charge >= 0.3 is 0 Å². The highest BCUT2D eigenvalue weighted by molar-refractivity contribution is 5.98. The van der Waals surface area contributed by atoms with Gasteiger partial charge in [0.05, 0.1) is 5.56 Å². The molecular formula is C17H28N4O. The summed E-state index contributed by atoms with van der Waals surface area (Å²) in [7, 11) is 0. The van der Waals surface area contributed by atoms with Gasteiger partial charge in [-0.25, -0.2) is 4.98 Å². The Hall–Kier alpha value is -1.62. The first-order valence-corrected chi connectivity index (χ1v) is 8.13. The second-order valence-corrected chi connectivity index (χ2v) is 6.47. The van der Waals surface area contributed by atoms with Crippen LogP contribution in [0.5, 0.6) is 0 Å². The number of primary amides is 1. The molecule has 1 aliphatic heterocycles. The van der Waals surface area contributed by atoms with Crippen LogP contribution in [0, 0.1) is 13.8 Å². The van der Waals surface area contributed by atoms with E-state index < -0.39 is 5.91 Å². The molecule has 1 saturated heterocycles. The lowest BCUT2D eigenvalue weighted by molar-refractivity contribution is 0.0999. The Morgan fingerprint density at radius 1 is 1.41 bits per heavy atom. The Labute approximate surface area is 133 Å².